The van der Waals surface area contributed by atoms with Crippen molar-refractivity contribution in [2.75, 3.05) is 31.1 Å². The van der Waals surface area contributed by atoms with Crippen LogP contribution in [-0.4, -0.2) is 56.7 Å². The minimum Gasteiger partial charge on any atom is -0.352 e. The lowest BCUT2D eigenvalue weighted by molar-refractivity contribution is 0.0746. The molecule has 32 heavy (non-hydrogen) atoms. The van der Waals surface area contributed by atoms with Gasteiger partial charge in [-0.25, -0.2) is 14.6 Å². The van der Waals surface area contributed by atoms with Crippen LogP contribution in [0.25, 0.3) is 16.7 Å². The zero-order valence-corrected chi connectivity index (χ0v) is 18.8. The molecule has 3 heterocycles. The number of carbonyl (C=O) groups excluding carboxylic acids is 1. The van der Waals surface area contributed by atoms with Crippen LogP contribution in [0.4, 0.5) is 5.82 Å². The van der Waals surface area contributed by atoms with Gasteiger partial charge in [0, 0.05) is 36.8 Å². The number of anilines is 1. The average Bonchev–Trinajstić information content (AvgIpc) is 3.25. The highest BCUT2D eigenvalue weighted by Gasteiger charge is 2.25. The standard InChI is InChI=1S/C24H23ClN6O/c1-16-6-7-18(12-17(16)2)24(32)30-10-8-29(9-11-30)22-21-14-28-31(23(21)27-15-26-22)20-5-3-4-19(25)13-20/h3-7,12-15H,8-11H2,1-2H3. The van der Waals surface area contributed by atoms with Crippen molar-refractivity contribution in [3.8, 4) is 5.69 Å². The van der Waals surface area contributed by atoms with E-state index in [0.29, 0.717) is 31.2 Å². The molecule has 2 aromatic carbocycles. The summed E-state index contributed by atoms with van der Waals surface area (Å²) in [5.74, 6) is 0.913. The zero-order valence-electron chi connectivity index (χ0n) is 18.0. The fraction of sp³-hybridized carbons (Fsp3) is 0.250. The third-order valence-corrected chi connectivity index (χ3v) is 6.25. The van der Waals surface area contributed by atoms with Crippen LogP contribution in [0.3, 0.4) is 0 Å². The van der Waals surface area contributed by atoms with Gasteiger partial charge in [-0.05, 0) is 55.3 Å². The Morgan fingerprint density at radius 1 is 0.969 bits per heavy atom. The molecular formula is C24H23ClN6O. The van der Waals surface area contributed by atoms with Gasteiger partial charge in [0.05, 0.1) is 17.3 Å². The van der Waals surface area contributed by atoms with E-state index in [0.717, 1.165) is 33.7 Å². The maximum Gasteiger partial charge on any atom is 0.253 e. The van der Waals surface area contributed by atoms with Crippen molar-refractivity contribution in [2.45, 2.75) is 13.8 Å². The number of fused-ring (bicyclic) bond motifs is 1. The van der Waals surface area contributed by atoms with E-state index in [9.17, 15) is 4.79 Å². The lowest BCUT2D eigenvalue weighted by Gasteiger charge is -2.35. The van der Waals surface area contributed by atoms with Crippen molar-refractivity contribution in [3.63, 3.8) is 0 Å². The van der Waals surface area contributed by atoms with E-state index in [1.54, 1.807) is 17.2 Å². The Labute approximate surface area is 191 Å². The number of rotatable bonds is 3. The summed E-state index contributed by atoms with van der Waals surface area (Å²) < 4.78 is 1.77. The summed E-state index contributed by atoms with van der Waals surface area (Å²) >= 11 is 6.15. The molecule has 7 nitrogen and oxygen atoms in total. The van der Waals surface area contributed by atoms with Gasteiger partial charge in [0.25, 0.3) is 5.91 Å². The third-order valence-electron chi connectivity index (χ3n) is 6.02. The number of carbonyl (C=O) groups is 1. The van der Waals surface area contributed by atoms with Crippen LogP contribution in [-0.2, 0) is 0 Å². The molecule has 0 aliphatic carbocycles. The van der Waals surface area contributed by atoms with Gasteiger partial charge >= 0.3 is 0 Å². The van der Waals surface area contributed by atoms with Crippen LogP contribution in [0.1, 0.15) is 21.5 Å². The highest BCUT2D eigenvalue weighted by atomic mass is 35.5. The van der Waals surface area contributed by atoms with Gasteiger partial charge in [-0.1, -0.05) is 23.7 Å². The van der Waals surface area contributed by atoms with E-state index in [4.69, 9.17) is 11.6 Å². The fourth-order valence-corrected chi connectivity index (χ4v) is 4.24. The third kappa shape index (κ3) is 3.69. The monoisotopic (exact) mass is 446 g/mol. The van der Waals surface area contributed by atoms with E-state index in [1.165, 1.54) is 5.56 Å². The first-order valence-corrected chi connectivity index (χ1v) is 11.0. The van der Waals surface area contributed by atoms with E-state index < -0.39 is 0 Å². The minimum atomic E-state index is 0.0781. The molecule has 1 saturated heterocycles. The Balaban J connectivity index is 1.36. The molecule has 162 valence electrons. The number of hydrogen-bond donors (Lipinski definition) is 0. The Bertz CT molecular complexity index is 1310. The molecule has 0 radical (unpaired) electrons. The predicted octanol–water partition coefficient (Wildman–Crippen LogP) is 4.05. The van der Waals surface area contributed by atoms with Crippen molar-refractivity contribution in [1.82, 2.24) is 24.6 Å². The summed E-state index contributed by atoms with van der Waals surface area (Å²) in [6.45, 7) is 6.77. The van der Waals surface area contributed by atoms with Crippen LogP contribution in [0, 0.1) is 13.8 Å². The molecule has 2 aromatic heterocycles. The van der Waals surface area contributed by atoms with E-state index in [1.807, 2.05) is 54.3 Å². The fourth-order valence-electron chi connectivity index (χ4n) is 4.06. The number of aryl methyl sites for hydroxylation is 2. The average molecular weight is 447 g/mol. The minimum absolute atomic E-state index is 0.0781. The molecule has 0 unspecified atom stereocenters. The zero-order chi connectivity index (χ0) is 22.2. The second kappa shape index (κ2) is 8.24. The molecule has 1 amide bonds. The Morgan fingerprint density at radius 3 is 2.53 bits per heavy atom. The van der Waals surface area contributed by atoms with Crippen LogP contribution >= 0.6 is 11.6 Å². The molecule has 1 aliphatic heterocycles. The molecular weight excluding hydrogens is 424 g/mol. The van der Waals surface area contributed by atoms with Gasteiger partial charge < -0.3 is 9.80 Å². The van der Waals surface area contributed by atoms with Crippen LogP contribution in [0.5, 0.6) is 0 Å². The molecule has 0 N–H and O–H groups in total. The first-order valence-electron chi connectivity index (χ1n) is 10.6. The largest absolute Gasteiger partial charge is 0.352 e. The van der Waals surface area contributed by atoms with E-state index in [2.05, 4.69) is 26.9 Å². The van der Waals surface area contributed by atoms with Crippen molar-refractivity contribution in [2.24, 2.45) is 0 Å². The highest BCUT2D eigenvalue weighted by Crippen LogP contribution is 2.26. The molecule has 1 fully saturated rings. The summed E-state index contributed by atoms with van der Waals surface area (Å²) in [6.07, 6.45) is 3.35. The molecule has 5 rings (SSSR count). The van der Waals surface area contributed by atoms with Gasteiger partial charge in [-0.15, -0.1) is 0 Å². The number of piperazine rings is 1. The Hall–Kier alpha value is -3.45. The summed E-state index contributed by atoms with van der Waals surface area (Å²) in [5, 5.41) is 6.04. The molecule has 0 bridgehead atoms. The van der Waals surface area contributed by atoms with Crippen molar-refractivity contribution >= 4 is 34.4 Å². The van der Waals surface area contributed by atoms with Crippen LogP contribution < -0.4 is 4.90 Å². The van der Waals surface area contributed by atoms with Gasteiger partial charge in [0.2, 0.25) is 0 Å². The summed E-state index contributed by atoms with van der Waals surface area (Å²) in [7, 11) is 0. The molecule has 1 aliphatic rings. The number of amides is 1. The molecule has 0 spiro atoms. The maximum atomic E-state index is 13.0. The normalized spacial score (nSPS) is 14.2. The topological polar surface area (TPSA) is 67.2 Å². The van der Waals surface area contributed by atoms with Crippen molar-refractivity contribution in [3.05, 3.63) is 76.7 Å². The summed E-state index contributed by atoms with van der Waals surface area (Å²) in [6, 6.07) is 13.4. The summed E-state index contributed by atoms with van der Waals surface area (Å²) in [4.78, 5) is 26.1. The lowest BCUT2D eigenvalue weighted by atomic mass is 10.1. The second-order valence-electron chi connectivity index (χ2n) is 8.05. The SMILES string of the molecule is Cc1ccc(C(=O)N2CCN(c3ncnc4c3cnn4-c3cccc(Cl)c3)CC2)cc1C. The number of benzene rings is 2. The molecule has 0 atom stereocenters. The molecule has 8 heteroatoms. The van der Waals surface area contributed by atoms with E-state index in [-0.39, 0.29) is 5.91 Å². The Morgan fingerprint density at radius 2 is 1.78 bits per heavy atom. The second-order valence-corrected chi connectivity index (χ2v) is 8.49. The van der Waals surface area contributed by atoms with Crippen molar-refractivity contribution in [1.29, 1.82) is 0 Å². The van der Waals surface area contributed by atoms with Crippen LogP contribution in [0.15, 0.2) is 55.0 Å². The van der Waals surface area contributed by atoms with Crippen LogP contribution in [0.2, 0.25) is 5.02 Å². The van der Waals surface area contributed by atoms with E-state index >= 15 is 0 Å². The molecule has 4 aromatic rings. The van der Waals surface area contributed by atoms with Gasteiger partial charge in [-0.2, -0.15) is 5.10 Å². The van der Waals surface area contributed by atoms with Gasteiger partial charge in [0.1, 0.15) is 12.1 Å². The first-order chi connectivity index (χ1) is 15.5. The first kappa shape index (κ1) is 20.5. The number of nitrogens with zero attached hydrogens (tertiary/aromatic N) is 6. The van der Waals surface area contributed by atoms with Crippen molar-refractivity contribution < 1.29 is 4.79 Å². The number of halogens is 1. The quantitative estimate of drug-likeness (QED) is 0.475. The number of hydrogen-bond acceptors (Lipinski definition) is 5. The Kier molecular flexibility index (Phi) is 5.27. The summed E-state index contributed by atoms with van der Waals surface area (Å²) in [5.41, 5.74) is 4.65. The predicted molar refractivity (Wildman–Crippen MR) is 126 cm³/mol. The highest BCUT2D eigenvalue weighted by molar-refractivity contribution is 6.30. The maximum absolute atomic E-state index is 13.0. The number of aromatic nitrogens is 4. The lowest BCUT2D eigenvalue weighted by Crippen LogP contribution is -2.49. The molecule has 0 saturated carbocycles. The van der Waals surface area contributed by atoms with Gasteiger partial charge in [0.15, 0.2) is 5.65 Å². The van der Waals surface area contributed by atoms with Gasteiger partial charge in [-0.3, -0.25) is 4.79 Å². The smallest absolute Gasteiger partial charge is 0.253 e.